The topological polar surface area (TPSA) is 79.4 Å². The molecular weight excluding hydrogens is 334 g/mol. The summed E-state index contributed by atoms with van der Waals surface area (Å²) in [6.07, 6.45) is 4.24. The Morgan fingerprint density at radius 3 is 2.65 bits per heavy atom. The van der Waals surface area contributed by atoms with Gasteiger partial charge in [-0.25, -0.2) is 4.98 Å². The van der Waals surface area contributed by atoms with Gasteiger partial charge in [0.15, 0.2) is 5.13 Å². The molecule has 1 N–H and O–H groups in total. The number of rotatable bonds is 3. The normalized spacial score (nSPS) is 17.5. The number of nitrogens with zero attached hydrogens (tertiary/aromatic N) is 2. The summed E-state index contributed by atoms with van der Waals surface area (Å²) in [6, 6.07) is 0. The summed E-state index contributed by atoms with van der Waals surface area (Å²) in [7, 11) is 0. The third kappa shape index (κ3) is 3.32. The molecule has 122 valence electrons. The van der Waals surface area contributed by atoms with Crippen molar-refractivity contribution < 1.29 is 14.4 Å². The van der Waals surface area contributed by atoms with Crippen LogP contribution in [0.5, 0.6) is 0 Å². The van der Waals surface area contributed by atoms with Gasteiger partial charge >= 0.3 is 0 Å². The number of amides is 3. The molecule has 0 bridgehead atoms. The Morgan fingerprint density at radius 2 is 2.00 bits per heavy atom. The standard InChI is InChI=1S/C15H17N3O3S2/c1-8(2)12-13(20)18(15(21)23-12)7-11(19)17-14-16-9-5-3-4-6-10(9)22-14/h3-7H2,1-2H3,(H,16,17,19). The van der Waals surface area contributed by atoms with E-state index in [2.05, 4.69) is 10.3 Å². The second-order valence-electron chi connectivity index (χ2n) is 5.73. The van der Waals surface area contributed by atoms with Crippen LogP contribution < -0.4 is 5.32 Å². The zero-order chi connectivity index (χ0) is 16.6. The predicted molar refractivity (Wildman–Crippen MR) is 90.5 cm³/mol. The first-order chi connectivity index (χ1) is 11.0. The maximum absolute atomic E-state index is 12.1. The van der Waals surface area contributed by atoms with Crippen LogP contribution in [0.4, 0.5) is 9.93 Å². The number of thiazole rings is 1. The molecular formula is C15H17N3O3S2. The number of anilines is 1. The Labute approximate surface area is 142 Å². The van der Waals surface area contributed by atoms with Crippen LogP contribution in [0.25, 0.3) is 0 Å². The zero-order valence-electron chi connectivity index (χ0n) is 13.0. The monoisotopic (exact) mass is 351 g/mol. The van der Waals surface area contributed by atoms with Gasteiger partial charge < -0.3 is 5.32 Å². The number of carbonyl (C=O) groups is 3. The van der Waals surface area contributed by atoms with E-state index in [1.807, 2.05) is 0 Å². The van der Waals surface area contributed by atoms with E-state index in [-0.39, 0.29) is 6.54 Å². The number of imide groups is 1. The molecule has 0 unspecified atom stereocenters. The van der Waals surface area contributed by atoms with E-state index in [4.69, 9.17) is 0 Å². The number of thioether (sulfide) groups is 1. The van der Waals surface area contributed by atoms with E-state index in [9.17, 15) is 14.4 Å². The molecule has 1 fully saturated rings. The van der Waals surface area contributed by atoms with Gasteiger partial charge in [0.1, 0.15) is 6.54 Å². The molecule has 0 radical (unpaired) electrons. The molecule has 0 aromatic carbocycles. The summed E-state index contributed by atoms with van der Waals surface area (Å²) in [5.74, 6) is -0.790. The summed E-state index contributed by atoms with van der Waals surface area (Å²) in [4.78, 5) is 43.2. The Hall–Kier alpha value is -1.67. The second kappa shape index (κ2) is 6.45. The van der Waals surface area contributed by atoms with E-state index < -0.39 is 17.1 Å². The Kier molecular flexibility index (Phi) is 4.54. The molecule has 8 heteroatoms. The second-order valence-corrected chi connectivity index (χ2v) is 7.78. The maximum Gasteiger partial charge on any atom is 0.294 e. The van der Waals surface area contributed by atoms with Crippen LogP contribution in [0, 0.1) is 0 Å². The van der Waals surface area contributed by atoms with Gasteiger partial charge in [-0.3, -0.25) is 19.3 Å². The van der Waals surface area contributed by atoms with Crippen LogP contribution in [0.1, 0.15) is 37.3 Å². The molecule has 2 heterocycles. The fraction of sp³-hybridized carbons (Fsp3) is 0.467. The molecule has 1 aromatic heterocycles. The number of carbonyl (C=O) groups excluding carboxylic acids is 3. The van der Waals surface area contributed by atoms with Crippen molar-refractivity contribution in [3.05, 3.63) is 21.0 Å². The van der Waals surface area contributed by atoms with Gasteiger partial charge in [-0.1, -0.05) is 5.57 Å². The molecule has 3 rings (SSSR count). The van der Waals surface area contributed by atoms with Crippen molar-refractivity contribution in [1.82, 2.24) is 9.88 Å². The van der Waals surface area contributed by atoms with Gasteiger partial charge in [0.05, 0.1) is 10.6 Å². The SMILES string of the molecule is CC(C)=C1SC(=O)N(CC(=O)Nc2nc3c(s2)CCCC3)C1=O. The minimum Gasteiger partial charge on any atom is -0.300 e. The molecule has 1 saturated heterocycles. The Bertz CT molecular complexity index is 696. The maximum atomic E-state index is 12.1. The number of nitrogens with one attached hydrogen (secondary N) is 1. The third-order valence-corrected chi connectivity index (χ3v) is 5.95. The highest BCUT2D eigenvalue weighted by atomic mass is 32.2. The van der Waals surface area contributed by atoms with Crippen molar-refractivity contribution >= 4 is 45.3 Å². The lowest BCUT2D eigenvalue weighted by atomic mass is 10.0. The van der Waals surface area contributed by atoms with Crippen LogP contribution in [0.2, 0.25) is 0 Å². The van der Waals surface area contributed by atoms with E-state index >= 15 is 0 Å². The fourth-order valence-electron chi connectivity index (χ4n) is 2.55. The number of hydrogen-bond donors (Lipinski definition) is 1. The largest absolute Gasteiger partial charge is 0.300 e. The molecule has 0 spiro atoms. The van der Waals surface area contributed by atoms with Crippen LogP contribution in [0.3, 0.4) is 0 Å². The number of aromatic nitrogens is 1. The summed E-state index contributed by atoms with van der Waals surface area (Å²) in [5.41, 5.74) is 1.84. The van der Waals surface area contributed by atoms with Crippen LogP contribution >= 0.6 is 23.1 Å². The smallest absolute Gasteiger partial charge is 0.294 e. The van der Waals surface area contributed by atoms with Crippen LogP contribution in [-0.2, 0) is 22.4 Å². The van der Waals surface area contributed by atoms with Crippen molar-refractivity contribution in [2.24, 2.45) is 0 Å². The van der Waals surface area contributed by atoms with Gasteiger partial charge in [0.2, 0.25) is 5.91 Å². The van der Waals surface area contributed by atoms with E-state index in [1.54, 1.807) is 13.8 Å². The number of hydrogen-bond acceptors (Lipinski definition) is 6. The minimum absolute atomic E-state index is 0.272. The van der Waals surface area contributed by atoms with Crippen LogP contribution in [0.15, 0.2) is 10.5 Å². The molecule has 23 heavy (non-hydrogen) atoms. The highest BCUT2D eigenvalue weighted by Crippen LogP contribution is 2.33. The Morgan fingerprint density at radius 1 is 1.26 bits per heavy atom. The first kappa shape index (κ1) is 16.2. The summed E-state index contributed by atoms with van der Waals surface area (Å²) in [5, 5.41) is 2.86. The molecule has 3 amide bonds. The zero-order valence-corrected chi connectivity index (χ0v) is 14.6. The lowest BCUT2D eigenvalue weighted by Crippen LogP contribution is -2.36. The lowest BCUT2D eigenvalue weighted by molar-refractivity contribution is -0.127. The molecule has 0 saturated carbocycles. The first-order valence-corrected chi connectivity index (χ1v) is 9.08. The third-order valence-electron chi connectivity index (χ3n) is 3.70. The summed E-state index contributed by atoms with van der Waals surface area (Å²) < 4.78 is 0. The molecule has 6 nitrogen and oxygen atoms in total. The van der Waals surface area contributed by atoms with Crippen LogP contribution in [-0.4, -0.2) is 33.5 Å². The van der Waals surface area contributed by atoms with E-state index in [0.717, 1.165) is 53.6 Å². The van der Waals surface area contributed by atoms with E-state index in [0.29, 0.717) is 10.0 Å². The van der Waals surface area contributed by atoms with Gasteiger partial charge in [-0.2, -0.15) is 0 Å². The van der Waals surface area contributed by atoms with Gasteiger partial charge in [0.25, 0.3) is 11.1 Å². The van der Waals surface area contributed by atoms with Gasteiger partial charge in [0, 0.05) is 4.88 Å². The average Bonchev–Trinajstić information content (AvgIpc) is 3.02. The average molecular weight is 351 g/mol. The van der Waals surface area contributed by atoms with Crippen molar-refractivity contribution in [2.45, 2.75) is 39.5 Å². The quantitative estimate of drug-likeness (QED) is 0.847. The highest BCUT2D eigenvalue weighted by molar-refractivity contribution is 8.18. The number of aryl methyl sites for hydroxylation is 2. The van der Waals surface area contributed by atoms with Gasteiger partial charge in [-0.15, -0.1) is 11.3 Å². The molecule has 1 aliphatic heterocycles. The van der Waals surface area contributed by atoms with Crippen molar-refractivity contribution in [2.75, 3.05) is 11.9 Å². The number of fused-ring (bicyclic) bond motifs is 1. The van der Waals surface area contributed by atoms with E-state index in [1.165, 1.54) is 16.2 Å². The molecule has 1 aromatic rings. The van der Waals surface area contributed by atoms with Crippen molar-refractivity contribution in [3.63, 3.8) is 0 Å². The predicted octanol–water partition coefficient (Wildman–Crippen LogP) is 2.95. The molecule has 2 aliphatic rings. The van der Waals surface area contributed by atoms with Gasteiger partial charge in [-0.05, 0) is 51.3 Å². The lowest BCUT2D eigenvalue weighted by Gasteiger charge is -2.11. The summed E-state index contributed by atoms with van der Waals surface area (Å²) in [6.45, 7) is 3.28. The highest BCUT2D eigenvalue weighted by Gasteiger charge is 2.37. The minimum atomic E-state index is -0.403. The van der Waals surface area contributed by atoms with Crippen molar-refractivity contribution in [1.29, 1.82) is 0 Å². The first-order valence-electron chi connectivity index (χ1n) is 7.45. The number of allylic oxidation sites excluding steroid dienone is 1. The Balaban J connectivity index is 1.66. The summed E-state index contributed by atoms with van der Waals surface area (Å²) >= 11 is 2.37. The fourth-order valence-corrected chi connectivity index (χ4v) is 4.45. The molecule has 0 atom stereocenters. The van der Waals surface area contributed by atoms with Crippen molar-refractivity contribution in [3.8, 4) is 0 Å². The molecule has 1 aliphatic carbocycles.